The van der Waals surface area contributed by atoms with Crippen molar-refractivity contribution in [2.75, 3.05) is 13.2 Å². The third-order valence-corrected chi connectivity index (χ3v) is 3.32. The molecule has 1 fully saturated rings. The van der Waals surface area contributed by atoms with E-state index in [4.69, 9.17) is 10.6 Å². The Morgan fingerprint density at radius 1 is 1.59 bits per heavy atom. The van der Waals surface area contributed by atoms with Crippen LogP contribution in [0.25, 0.3) is 0 Å². The predicted octanol–water partition coefficient (Wildman–Crippen LogP) is 2.07. The molecule has 3 nitrogen and oxygen atoms in total. The van der Waals surface area contributed by atoms with Crippen LogP contribution < -0.4 is 11.3 Å². The minimum absolute atomic E-state index is 0.137. The molecule has 0 amide bonds. The molecule has 0 bridgehead atoms. The Kier molecular flexibility index (Phi) is 4.10. The van der Waals surface area contributed by atoms with E-state index >= 15 is 0 Å². The number of nitrogens with two attached hydrogens (primary N) is 1. The first-order valence-corrected chi connectivity index (χ1v) is 6.00. The van der Waals surface area contributed by atoms with Crippen molar-refractivity contribution >= 4 is 0 Å². The molecule has 1 saturated heterocycles. The van der Waals surface area contributed by atoms with Crippen LogP contribution in [0.4, 0.5) is 4.39 Å². The van der Waals surface area contributed by atoms with Crippen LogP contribution >= 0.6 is 0 Å². The molecule has 2 rings (SSSR count). The molecule has 3 N–H and O–H groups in total. The molecule has 94 valence electrons. The highest BCUT2D eigenvalue weighted by atomic mass is 19.1. The van der Waals surface area contributed by atoms with Crippen LogP contribution in [0.15, 0.2) is 18.2 Å². The molecule has 1 heterocycles. The minimum atomic E-state index is -0.197. The molecule has 4 heteroatoms. The summed E-state index contributed by atoms with van der Waals surface area (Å²) in [5, 5.41) is 0. The smallest absolute Gasteiger partial charge is 0.128 e. The molecule has 0 aromatic heterocycles. The van der Waals surface area contributed by atoms with Crippen LogP contribution in [-0.2, 0) is 4.74 Å². The van der Waals surface area contributed by atoms with Gasteiger partial charge < -0.3 is 4.74 Å². The Morgan fingerprint density at radius 3 is 3.06 bits per heavy atom. The molecule has 0 radical (unpaired) electrons. The van der Waals surface area contributed by atoms with Crippen LogP contribution in [0, 0.1) is 18.7 Å². The number of hydrazine groups is 1. The summed E-state index contributed by atoms with van der Waals surface area (Å²) in [6.07, 6.45) is 1.85. The highest BCUT2D eigenvalue weighted by Gasteiger charge is 2.23. The summed E-state index contributed by atoms with van der Waals surface area (Å²) < 4.78 is 19.1. The monoisotopic (exact) mass is 238 g/mol. The number of aryl methyl sites for hydroxylation is 1. The van der Waals surface area contributed by atoms with E-state index in [1.807, 2.05) is 13.0 Å². The Labute approximate surface area is 101 Å². The van der Waals surface area contributed by atoms with Crippen LogP contribution in [0.3, 0.4) is 0 Å². The lowest BCUT2D eigenvalue weighted by molar-refractivity contribution is 0.181. The van der Waals surface area contributed by atoms with Crippen molar-refractivity contribution in [1.82, 2.24) is 5.43 Å². The average Bonchev–Trinajstić information content (AvgIpc) is 2.82. The third-order valence-electron chi connectivity index (χ3n) is 3.32. The molecule has 2 unspecified atom stereocenters. The van der Waals surface area contributed by atoms with Gasteiger partial charge in [-0.2, -0.15) is 0 Å². The first-order chi connectivity index (χ1) is 8.20. The number of hydrogen-bond donors (Lipinski definition) is 2. The highest BCUT2D eigenvalue weighted by molar-refractivity contribution is 5.26. The second-order valence-corrected chi connectivity index (χ2v) is 4.71. The van der Waals surface area contributed by atoms with E-state index in [2.05, 4.69) is 5.43 Å². The fourth-order valence-electron chi connectivity index (χ4n) is 2.32. The molecule has 1 aromatic rings. The van der Waals surface area contributed by atoms with Gasteiger partial charge in [0.15, 0.2) is 0 Å². The summed E-state index contributed by atoms with van der Waals surface area (Å²) in [5.74, 6) is 5.82. The number of rotatable bonds is 4. The number of nitrogens with one attached hydrogen (secondary N) is 1. The maximum Gasteiger partial charge on any atom is 0.128 e. The minimum Gasteiger partial charge on any atom is -0.381 e. The second kappa shape index (κ2) is 5.58. The zero-order chi connectivity index (χ0) is 12.3. The maximum absolute atomic E-state index is 13.8. The van der Waals surface area contributed by atoms with Gasteiger partial charge in [0.25, 0.3) is 0 Å². The van der Waals surface area contributed by atoms with Gasteiger partial charge in [0.05, 0.1) is 0 Å². The first kappa shape index (κ1) is 12.5. The largest absolute Gasteiger partial charge is 0.381 e. The number of hydrogen-bond acceptors (Lipinski definition) is 3. The topological polar surface area (TPSA) is 47.3 Å². The van der Waals surface area contributed by atoms with Crippen molar-refractivity contribution in [3.63, 3.8) is 0 Å². The zero-order valence-corrected chi connectivity index (χ0v) is 10.1. The van der Waals surface area contributed by atoms with Crippen molar-refractivity contribution in [2.24, 2.45) is 11.8 Å². The summed E-state index contributed by atoms with van der Waals surface area (Å²) in [4.78, 5) is 0. The van der Waals surface area contributed by atoms with Crippen LogP contribution in [0.2, 0.25) is 0 Å². The van der Waals surface area contributed by atoms with E-state index < -0.39 is 0 Å². The van der Waals surface area contributed by atoms with E-state index in [1.165, 1.54) is 6.07 Å². The van der Waals surface area contributed by atoms with Gasteiger partial charge in [-0.25, -0.2) is 4.39 Å². The lowest BCUT2D eigenvalue weighted by Gasteiger charge is -2.20. The van der Waals surface area contributed by atoms with Crippen molar-refractivity contribution < 1.29 is 9.13 Å². The summed E-state index contributed by atoms with van der Waals surface area (Å²) >= 11 is 0. The van der Waals surface area contributed by atoms with Gasteiger partial charge in [0, 0.05) is 24.8 Å². The molecule has 1 aromatic carbocycles. The number of ether oxygens (including phenoxy) is 1. The Balaban J connectivity index is 2.13. The van der Waals surface area contributed by atoms with Crippen molar-refractivity contribution in [3.8, 4) is 0 Å². The lowest BCUT2D eigenvalue weighted by Crippen LogP contribution is -2.30. The highest BCUT2D eigenvalue weighted by Crippen LogP contribution is 2.28. The molecule has 2 atom stereocenters. The summed E-state index contributed by atoms with van der Waals surface area (Å²) in [5.41, 5.74) is 4.42. The molecule has 0 spiro atoms. The third kappa shape index (κ3) is 3.03. The average molecular weight is 238 g/mol. The molecule has 0 aliphatic carbocycles. The number of halogens is 1. The fraction of sp³-hybridized carbons (Fsp3) is 0.538. The van der Waals surface area contributed by atoms with E-state index in [9.17, 15) is 4.39 Å². The van der Waals surface area contributed by atoms with Crippen LogP contribution in [0.1, 0.15) is 30.0 Å². The summed E-state index contributed by atoms with van der Waals surface area (Å²) in [6.45, 7) is 3.51. The van der Waals surface area contributed by atoms with Crippen molar-refractivity contribution in [2.45, 2.75) is 25.8 Å². The van der Waals surface area contributed by atoms with Gasteiger partial charge in [0.1, 0.15) is 5.82 Å². The number of benzene rings is 1. The fourth-order valence-corrected chi connectivity index (χ4v) is 2.32. The standard InChI is InChI=1S/C13H19FN2O/c1-9-2-3-12(14)11(6-9)13(16-15)7-10-4-5-17-8-10/h2-3,6,10,13,16H,4-5,7-8,15H2,1H3. The SMILES string of the molecule is Cc1ccc(F)c(C(CC2CCOC2)NN)c1. The van der Waals surface area contributed by atoms with Crippen LogP contribution in [0.5, 0.6) is 0 Å². The van der Waals surface area contributed by atoms with Gasteiger partial charge in [-0.05, 0) is 31.7 Å². The van der Waals surface area contributed by atoms with Gasteiger partial charge in [-0.1, -0.05) is 17.7 Å². The molecular weight excluding hydrogens is 219 g/mol. The molecule has 0 saturated carbocycles. The quantitative estimate of drug-likeness (QED) is 0.623. The first-order valence-electron chi connectivity index (χ1n) is 6.00. The van der Waals surface area contributed by atoms with E-state index in [0.29, 0.717) is 11.5 Å². The van der Waals surface area contributed by atoms with Gasteiger partial charge in [-0.3, -0.25) is 11.3 Å². The van der Waals surface area contributed by atoms with Crippen molar-refractivity contribution in [1.29, 1.82) is 0 Å². The summed E-state index contributed by atoms with van der Waals surface area (Å²) in [6, 6.07) is 4.99. The molecular formula is C13H19FN2O. The molecule has 17 heavy (non-hydrogen) atoms. The van der Waals surface area contributed by atoms with E-state index in [-0.39, 0.29) is 11.9 Å². The van der Waals surface area contributed by atoms with Gasteiger partial charge >= 0.3 is 0 Å². The predicted molar refractivity (Wildman–Crippen MR) is 64.7 cm³/mol. The summed E-state index contributed by atoms with van der Waals surface area (Å²) in [7, 11) is 0. The normalized spacial score (nSPS) is 21.7. The van der Waals surface area contributed by atoms with Gasteiger partial charge in [-0.15, -0.1) is 0 Å². The van der Waals surface area contributed by atoms with Crippen molar-refractivity contribution in [3.05, 3.63) is 35.1 Å². The molecule has 1 aliphatic rings. The Morgan fingerprint density at radius 2 is 2.41 bits per heavy atom. The molecule has 1 aliphatic heterocycles. The van der Waals surface area contributed by atoms with Crippen LogP contribution in [-0.4, -0.2) is 13.2 Å². The van der Waals surface area contributed by atoms with E-state index in [0.717, 1.165) is 31.6 Å². The van der Waals surface area contributed by atoms with Gasteiger partial charge in [0.2, 0.25) is 0 Å². The Hall–Kier alpha value is -0.970. The Bertz CT molecular complexity index is 378. The zero-order valence-electron chi connectivity index (χ0n) is 10.1. The lowest BCUT2D eigenvalue weighted by atomic mass is 9.93. The maximum atomic E-state index is 13.8. The second-order valence-electron chi connectivity index (χ2n) is 4.71. The van der Waals surface area contributed by atoms with E-state index in [1.54, 1.807) is 6.07 Å².